The summed E-state index contributed by atoms with van der Waals surface area (Å²) < 4.78 is 0. The van der Waals surface area contributed by atoms with Crippen molar-refractivity contribution in [1.82, 2.24) is 4.90 Å². The van der Waals surface area contributed by atoms with Gasteiger partial charge in [-0.3, -0.25) is 4.90 Å². The van der Waals surface area contributed by atoms with Crippen LogP contribution < -0.4 is 0 Å². The van der Waals surface area contributed by atoms with Crippen molar-refractivity contribution in [1.29, 1.82) is 0 Å². The number of hydrogen-bond acceptors (Lipinski definition) is 1. The van der Waals surface area contributed by atoms with Gasteiger partial charge in [-0.25, -0.2) is 0 Å². The van der Waals surface area contributed by atoms with Crippen LogP contribution in [0.25, 0.3) is 0 Å². The molecule has 2 fully saturated rings. The lowest BCUT2D eigenvalue weighted by atomic mass is 10.0. The van der Waals surface area contributed by atoms with Crippen LogP contribution >= 0.6 is 23.2 Å². The molecule has 1 nitrogen and oxygen atoms in total. The number of benzene rings is 1. The normalized spacial score (nSPS) is 29.3. The van der Waals surface area contributed by atoms with Gasteiger partial charge < -0.3 is 0 Å². The molecule has 0 aromatic heterocycles. The van der Waals surface area contributed by atoms with Crippen molar-refractivity contribution < 1.29 is 0 Å². The van der Waals surface area contributed by atoms with Gasteiger partial charge in [0.1, 0.15) is 0 Å². The molecule has 3 rings (SSSR count). The molecule has 2 saturated heterocycles. The molecular weight excluding hydrogens is 253 g/mol. The van der Waals surface area contributed by atoms with Crippen molar-refractivity contribution in [3.8, 4) is 0 Å². The standard InChI is InChI=1S/C14H17Cl2N/c15-11-5-3-6-12(16)14(11)13-8-7-10-4-1-2-9-17(10)13/h3,5-6,10,13H,1-2,4,7-9H2/t10-,13+/m0/s1. The summed E-state index contributed by atoms with van der Waals surface area (Å²) in [6.45, 7) is 1.21. The second-order valence-corrected chi connectivity index (χ2v) is 5.93. The highest BCUT2D eigenvalue weighted by Gasteiger charge is 2.37. The summed E-state index contributed by atoms with van der Waals surface area (Å²) in [7, 11) is 0. The van der Waals surface area contributed by atoms with Gasteiger partial charge in [-0.1, -0.05) is 35.7 Å². The third kappa shape index (κ3) is 2.09. The Hall–Kier alpha value is -0.240. The Balaban J connectivity index is 1.94. The summed E-state index contributed by atoms with van der Waals surface area (Å²) in [6, 6.07) is 7.05. The lowest BCUT2D eigenvalue weighted by Gasteiger charge is -2.34. The summed E-state index contributed by atoms with van der Waals surface area (Å²) in [5.74, 6) is 0. The van der Waals surface area contributed by atoms with E-state index >= 15 is 0 Å². The second kappa shape index (κ2) is 4.79. The van der Waals surface area contributed by atoms with E-state index in [2.05, 4.69) is 4.90 Å². The zero-order valence-corrected chi connectivity index (χ0v) is 11.3. The molecule has 0 amide bonds. The van der Waals surface area contributed by atoms with Crippen molar-refractivity contribution in [2.75, 3.05) is 6.54 Å². The van der Waals surface area contributed by atoms with E-state index in [1.807, 2.05) is 18.2 Å². The van der Waals surface area contributed by atoms with E-state index in [-0.39, 0.29) is 0 Å². The van der Waals surface area contributed by atoms with Gasteiger partial charge in [0.2, 0.25) is 0 Å². The molecule has 0 N–H and O–H groups in total. The van der Waals surface area contributed by atoms with E-state index in [9.17, 15) is 0 Å². The summed E-state index contributed by atoms with van der Waals surface area (Å²) in [4.78, 5) is 2.62. The molecule has 0 spiro atoms. The fraction of sp³-hybridized carbons (Fsp3) is 0.571. The molecular formula is C14H17Cl2N. The molecule has 0 bridgehead atoms. The minimum Gasteiger partial charge on any atom is -0.293 e. The summed E-state index contributed by atoms with van der Waals surface area (Å²) in [5, 5.41) is 1.66. The van der Waals surface area contributed by atoms with E-state index in [1.54, 1.807) is 0 Å². The van der Waals surface area contributed by atoms with Crippen LogP contribution in [0.4, 0.5) is 0 Å². The van der Waals surface area contributed by atoms with Crippen LogP contribution in [0, 0.1) is 0 Å². The topological polar surface area (TPSA) is 3.24 Å². The molecule has 92 valence electrons. The number of rotatable bonds is 1. The number of nitrogens with zero attached hydrogens (tertiary/aromatic N) is 1. The first-order chi connectivity index (χ1) is 8.27. The Morgan fingerprint density at radius 3 is 2.53 bits per heavy atom. The second-order valence-electron chi connectivity index (χ2n) is 5.12. The highest BCUT2D eigenvalue weighted by atomic mass is 35.5. The number of hydrogen-bond donors (Lipinski definition) is 0. The summed E-state index contributed by atoms with van der Waals surface area (Å²) in [6.07, 6.45) is 6.54. The molecule has 3 heteroatoms. The Kier molecular flexibility index (Phi) is 3.34. The SMILES string of the molecule is Clc1cccc(Cl)c1[C@H]1CC[C@@H]2CCCCN21. The Morgan fingerprint density at radius 2 is 1.76 bits per heavy atom. The maximum absolute atomic E-state index is 6.33. The van der Waals surface area contributed by atoms with Crippen LogP contribution in [-0.2, 0) is 0 Å². The summed E-state index contributed by atoms with van der Waals surface area (Å²) >= 11 is 12.7. The van der Waals surface area contributed by atoms with Gasteiger partial charge in [-0.05, 0) is 44.4 Å². The maximum atomic E-state index is 6.33. The molecule has 2 atom stereocenters. The third-order valence-electron chi connectivity index (χ3n) is 4.18. The van der Waals surface area contributed by atoms with Gasteiger partial charge >= 0.3 is 0 Å². The van der Waals surface area contributed by atoms with Gasteiger partial charge in [0, 0.05) is 27.7 Å². The maximum Gasteiger partial charge on any atom is 0.0468 e. The minimum absolute atomic E-state index is 0.446. The first kappa shape index (κ1) is 11.8. The molecule has 1 aromatic carbocycles. The molecule has 2 aliphatic heterocycles. The molecule has 17 heavy (non-hydrogen) atoms. The fourth-order valence-electron chi connectivity index (χ4n) is 3.40. The largest absolute Gasteiger partial charge is 0.293 e. The van der Waals surface area contributed by atoms with E-state index in [1.165, 1.54) is 38.6 Å². The molecule has 2 aliphatic rings. The van der Waals surface area contributed by atoms with Gasteiger partial charge in [-0.15, -0.1) is 0 Å². The predicted molar refractivity (Wildman–Crippen MR) is 72.8 cm³/mol. The number of halogens is 2. The molecule has 1 aromatic rings. The van der Waals surface area contributed by atoms with Crippen LogP contribution in [0.1, 0.15) is 43.7 Å². The zero-order valence-electron chi connectivity index (χ0n) is 9.83. The molecule has 0 aliphatic carbocycles. The van der Waals surface area contributed by atoms with E-state index in [4.69, 9.17) is 23.2 Å². The zero-order chi connectivity index (χ0) is 11.8. The number of fused-ring (bicyclic) bond motifs is 1. The molecule has 0 saturated carbocycles. The van der Waals surface area contributed by atoms with Gasteiger partial charge in [0.15, 0.2) is 0 Å². The van der Waals surface area contributed by atoms with Crippen LogP contribution in [0.3, 0.4) is 0 Å². The quantitative estimate of drug-likeness (QED) is 0.716. The monoisotopic (exact) mass is 269 g/mol. The van der Waals surface area contributed by atoms with E-state index in [0.717, 1.165) is 21.7 Å². The molecule has 0 unspecified atom stereocenters. The molecule has 2 heterocycles. The average molecular weight is 270 g/mol. The Bertz CT molecular complexity index is 398. The highest BCUT2D eigenvalue weighted by Crippen LogP contribution is 2.44. The van der Waals surface area contributed by atoms with Crippen LogP contribution in [-0.4, -0.2) is 17.5 Å². The van der Waals surface area contributed by atoms with Crippen molar-refractivity contribution in [2.45, 2.75) is 44.2 Å². The summed E-state index contributed by atoms with van der Waals surface area (Å²) in [5.41, 5.74) is 1.15. The van der Waals surface area contributed by atoms with E-state index in [0.29, 0.717) is 6.04 Å². The van der Waals surface area contributed by atoms with Crippen molar-refractivity contribution in [3.63, 3.8) is 0 Å². The average Bonchev–Trinajstić information content (AvgIpc) is 2.73. The third-order valence-corrected chi connectivity index (χ3v) is 4.84. The van der Waals surface area contributed by atoms with Crippen molar-refractivity contribution in [2.24, 2.45) is 0 Å². The van der Waals surface area contributed by atoms with Crippen molar-refractivity contribution in [3.05, 3.63) is 33.8 Å². The van der Waals surface area contributed by atoms with Gasteiger partial charge in [0.25, 0.3) is 0 Å². The molecule has 0 radical (unpaired) electrons. The Labute approximate surface area is 113 Å². The van der Waals surface area contributed by atoms with Crippen LogP contribution in [0.2, 0.25) is 10.0 Å². The minimum atomic E-state index is 0.446. The Morgan fingerprint density at radius 1 is 1.00 bits per heavy atom. The number of piperidine rings is 1. The van der Waals surface area contributed by atoms with Crippen molar-refractivity contribution >= 4 is 23.2 Å². The van der Waals surface area contributed by atoms with Crippen LogP contribution in [0.5, 0.6) is 0 Å². The fourth-order valence-corrected chi connectivity index (χ4v) is 4.05. The lowest BCUT2D eigenvalue weighted by molar-refractivity contribution is 0.150. The lowest BCUT2D eigenvalue weighted by Crippen LogP contribution is -2.36. The van der Waals surface area contributed by atoms with Gasteiger partial charge in [-0.2, -0.15) is 0 Å². The first-order valence-corrected chi connectivity index (χ1v) is 7.22. The van der Waals surface area contributed by atoms with E-state index < -0.39 is 0 Å². The smallest absolute Gasteiger partial charge is 0.0468 e. The first-order valence-electron chi connectivity index (χ1n) is 6.47. The van der Waals surface area contributed by atoms with Crippen LogP contribution in [0.15, 0.2) is 18.2 Å². The van der Waals surface area contributed by atoms with Gasteiger partial charge in [0.05, 0.1) is 0 Å². The predicted octanol–water partition coefficient (Wildman–Crippen LogP) is 4.68. The highest BCUT2D eigenvalue weighted by molar-refractivity contribution is 6.36.